The first-order chi connectivity index (χ1) is 32.0. The quantitative estimate of drug-likeness (QED) is 0.154. The largest absolute Gasteiger partial charge is 0.310 e. The van der Waals surface area contributed by atoms with Gasteiger partial charge in [-0.1, -0.05) is 159 Å². The van der Waals surface area contributed by atoms with Crippen LogP contribution in [0.2, 0.25) is 0 Å². The number of benzene rings is 10. The fraction of sp³-hybridized carbons (Fsp3) is 0.0476. The highest BCUT2D eigenvalue weighted by atomic mass is 15.1. The Morgan fingerprint density at radius 3 is 1.22 bits per heavy atom. The van der Waals surface area contributed by atoms with Crippen molar-refractivity contribution in [3.05, 3.63) is 264 Å². The molecular formula is C63H44N2. The van der Waals surface area contributed by atoms with Crippen LogP contribution >= 0.6 is 0 Å². The van der Waals surface area contributed by atoms with E-state index in [2.05, 4.69) is 278 Å². The van der Waals surface area contributed by atoms with Crippen molar-refractivity contribution in [2.24, 2.45) is 0 Å². The average Bonchev–Trinajstić information content (AvgIpc) is 3.58. The lowest BCUT2D eigenvalue weighted by atomic mass is 9.81. The summed E-state index contributed by atoms with van der Waals surface area (Å²) in [4.78, 5) is 4.70. The topological polar surface area (TPSA) is 6.48 Å². The Kier molecular flexibility index (Phi) is 10.0. The maximum absolute atomic E-state index is 3.47. The van der Waals surface area contributed by atoms with Crippen LogP contribution < -0.4 is 9.80 Å². The Hall–Kier alpha value is -8.56. The van der Waals surface area contributed by atoms with Crippen molar-refractivity contribution in [3.8, 4) is 34.8 Å². The van der Waals surface area contributed by atoms with Crippen LogP contribution in [0.1, 0.15) is 47.2 Å². The lowest BCUT2D eigenvalue weighted by molar-refractivity contribution is 0.660. The Morgan fingerprint density at radius 2 is 0.677 bits per heavy atom. The lowest BCUT2D eigenvalue weighted by Crippen LogP contribution is -2.17. The zero-order valence-corrected chi connectivity index (χ0v) is 36.3. The van der Waals surface area contributed by atoms with E-state index in [9.17, 15) is 0 Å². The van der Waals surface area contributed by atoms with Gasteiger partial charge in [-0.3, -0.25) is 0 Å². The van der Waals surface area contributed by atoms with Gasteiger partial charge in [0.1, 0.15) is 0 Å². The van der Waals surface area contributed by atoms with Gasteiger partial charge in [0.25, 0.3) is 0 Å². The molecule has 1 aliphatic carbocycles. The standard InChI is InChI=1S/C63H44N2/c1-63(2)59-43-48(37-41-57(59)58-42-40-54(44-60(58)63)65(52-21-7-4-8-22-52)62-26-14-18-50-16-10-12-24-56(50)62)34-33-46-29-27-45(28-30-46)31-32-47-35-38-53(39-36-47)64(51-19-5-3-6-20-51)61-25-13-17-49-15-9-11-23-55(49)61/h3-30,35-44H,1-2H3. The SMILES string of the molecule is CC1(C)c2cc(C#Cc3ccc(C#Cc4ccc(N(c5ccccc5)c5cccc6ccccc56)cc4)cc3)ccc2-c2ccc(N(c3ccccc3)c3cccc4ccccc34)cc21. The summed E-state index contributed by atoms with van der Waals surface area (Å²) in [5, 5.41) is 4.86. The molecule has 0 amide bonds. The summed E-state index contributed by atoms with van der Waals surface area (Å²) >= 11 is 0. The highest BCUT2D eigenvalue weighted by Gasteiger charge is 2.36. The molecule has 10 aromatic rings. The normalized spacial score (nSPS) is 12.0. The third-order valence-electron chi connectivity index (χ3n) is 12.7. The van der Waals surface area contributed by atoms with Gasteiger partial charge in [-0.05, 0) is 142 Å². The van der Waals surface area contributed by atoms with Gasteiger partial charge in [-0.2, -0.15) is 0 Å². The molecule has 10 aromatic carbocycles. The molecule has 0 saturated heterocycles. The number of hydrogen-bond donors (Lipinski definition) is 0. The highest BCUT2D eigenvalue weighted by Crippen LogP contribution is 2.51. The van der Waals surface area contributed by atoms with Crippen LogP contribution in [0.15, 0.2) is 231 Å². The minimum Gasteiger partial charge on any atom is -0.310 e. The maximum Gasteiger partial charge on any atom is 0.0540 e. The first-order valence-electron chi connectivity index (χ1n) is 22.2. The fourth-order valence-corrected chi connectivity index (χ4v) is 9.38. The molecule has 0 N–H and O–H groups in total. The van der Waals surface area contributed by atoms with E-state index < -0.39 is 0 Å². The molecule has 306 valence electrons. The first-order valence-corrected chi connectivity index (χ1v) is 22.2. The molecule has 0 radical (unpaired) electrons. The monoisotopic (exact) mass is 828 g/mol. The second-order valence-electron chi connectivity index (χ2n) is 17.1. The summed E-state index contributed by atoms with van der Waals surface area (Å²) < 4.78 is 0. The minimum atomic E-state index is -0.210. The molecule has 0 aliphatic heterocycles. The van der Waals surface area contributed by atoms with Crippen molar-refractivity contribution < 1.29 is 0 Å². The van der Waals surface area contributed by atoms with Gasteiger partial charge >= 0.3 is 0 Å². The van der Waals surface area contributed by atoms with Crippen LogP contribution in [-0.2, 0) is 5.41 Å². The summed E-state index contributed by atoms with van der Waals surface area (Å²) in [5.74, 6) is 13.6. The molecule has 0 aromatic heterocycles. The Balaban J connectivity index is 0.824. The van der Waals surface area contributed by atoms with E-state index in [-0.39, 0.29) is 5.41 Å². The molecule has 65 heavy (non-hydrogen) atoms. The predicted molar refractivity (Wildman–Crippen MR) is 273 cm³/mol. The number of rotatable bonds is 6. The van der Waals surface area contributed by atoms with Gasteiger partial charge in [0, 0.05) is 61.2 Å². The number of anilines is 6. The third-order valence-corrected chi connectivity index (χ3v) is 12.7. The summed E-state index contributed by atoms with van der Waals surface area (Å²) in [7, 11) is 0. The van der Waals surface area contributed by atoms with Crippen molar-refractivity contribution in [3.63, 3.8) is 0 Å². The van der Waals surface area contributed by atoms with Crippen molar-refractivity contribution in [1.82, 2.24) is 0 Å². The zero-order chi connectivity index (χ0) is 43.7. The van der Waals surface area contributed by atoms with Gasteiger partial charge in [-0.25, -0.2) is 0 Å². The minimum absolute atomic E-state index is 0.210. The molecule has 2 heteroatoms. The van der Waals surface area contributed by atoms with Crippen LogP contribution in [0.25, 0.3) is 32.7 Å². The molecule has 1 aliphatic rings. The molecule has 0 atom stereocenters. The molecule has 11 rings (SSSR count). The van der Waals surface area contributed by atoms with E-state index >= 15 is 0 Å². The van der Waals surface area contributed by atoms with Crippen molar-refractivity contribution >= 4 is 55.7 Å². The van der Waals surface area contributed by atoms with Gasteiger partial charge in [-0.15, -0.1) is 0 Å². The molecule has 2 nitrogen and oxygen atoms in total. The third kappa shape index (κ3) is 7.48. The Bertz CT molecular complexity index is 3500. The van der Waals surface area contributed by atoms with Crippen LogP contribution in [0.5, 0.6) is 0 Å². The Labute approximate surface area is 381 Å². The second-order valence-corrected chi connectivity index (χ2v) is 17.1. The molecular weight excluding hydrogens is 785 g/mol. The first kappa shape index (κ1) is 39.3. The van der Waals surface area contributed by atoms with Gasteiger partial charge in [0.05, 0.1) is 11.4 Å². The van der Waals surface area contributed by atoms with Gasteiger partial charge < -0.3 is 9.80 Å². The number of para-hydroxylation sites is 2. The van der Waals surface area contributed by atoms with Crippen LogP contribution in [0.3, 0.4) is 0 Å². The van der Waals surface area contributed by atoms with Crippen molar-refractivity contribution in [2.75, 3.05) is 9.80 Å². The van der Waals surface area contributed by atoms with Gasteiger partial charge in [0.15, 0.2) is 0 Å². The number of hydrogen-bond acceptors (Lipinski definition) is 2. The molecule has 0 heterocycles. The van der Waals surface area contributed by atoms with E-state index in [1.807, 2.05) is 0 Å². The van der Waals surface area contributed by atoms with E-state index in [4.69, 9.17) is 0 Å². The van der Waals surface area contributed by atoms with Crippen LogP contribution in [0, 0.1) is 23.7 Å². The molecule has 0 fully saturated rings. The lowest BCUT2D eigenvalue weighted by Gasteiger charge is -2.29. The van der Waals surface area contributed by atoms with E-state index in [1.165, 1.54) is 43.8 Å². The zero-order valence-electron chi connectivity index (χ0n) is 36.3. The summed E-state index contributed by atoms with van der Waals surface area (Å²) in [5.41, 5.74) is 15.6. The molecule has 0 spiro atoms. The molecule has 0 saturated carbocycles. The van der Waals surface area contributed by atoms with Gasteiger partial charge in [0.2, 0.25) is 0 Å². The number of nitrogens with zero attached hydrogens (tertiary/aromatic N) is 2. The average molecular weight is 829 g/mol. The Morgan fingerprint density at radius 1 is 0.308 bits per heavy atom. The summed E-state index contributed by atoms with van der Waals surface area (Å²) in [6.07, 6.45) is 0. The van der Waals surface area contributed by atoms with E-state index in [0.29, 0.717) is 0 Å². The second kappa shape index (κ2) is 16.6. The van der Waals surface area contributed by atoms with Crippen LogP contribution in [-0.4, -0.2) is 0 Å². The fourth-order valence-electron chi connectivity index (χ4n) is 9.38. The molecule has 0 unspecified atom stereocenters. The molecule has 0 bridgehead atoms. The van der Waals surface area contributed by atoms with E-state index in [0.717, 1.165) is 56.4 Å². The van der Waals surface area contributed by atoms with Crippen molar-refractivity contribution in [2.45, 2.75) is 19.3 Å². The van der Waals surface area contributed by atoms with E-state index in [1.54, 1.807) is 0 Å². The maximum atomic E-state index is 3.47. The smallest absolute Gasteiger partial charge is 0.0540 e. The van der Waals surface area contributed by atoms with Crippen LogP contribution in [0.4, 0.5) is 34.1 Å². The highest BCUT2D eigenvalue weighted by molar-refractivity contribution is 6.00. The predicted octanol–water partition coefficient (Wildman–Crippen LogP) is 16.0. The number of fused-ring (bicyclic) bond motifs is 5. The van der Waals surface area contributed by atoms with Crippen molar-refractivity contribution in [1.29, 1.82) is 0 Å². The summed E-state index contributed by atoms with van der Waals surface area (Å²) in [6, 6.07) is 81.8. The summed E-state index contributed by atoms with van der Waals surface area (Å²) in [6.45, 7) is 4.67.